The zero-order chi connectivity index (χ0) is 5.82. The van der Waals surface area contributed by atoms with Crippen LogP contribution in [0.15, 0.2) is 12.3 Å². The highest BCUT2D eigenvalue weighted by molar-refractivity contribution is 9.09. The third kappa shape index (κ3) is 1.51. The third-order valence-electron chi connectivity index (χ3n) is 1.19. The van der Waals surface area contributed by atoms with E-state index in [-0.39, 0.29) is 0 Å². The van der Waals surface area contributed by atoms with Crippen LogP contribution in [0.4, 0.5) is 0 Å². The molecule has 1 atom stereocenters. The molecule has 0 fully saturated rings. The summed E-state index contributed by atoms with van der Waals surface area (Å²) in [4.78, 5) is 0. The van der Waals surface area contributed by atoms with Gasteiger partial charge in [-0.2, -0.15) is 0 Å². The Bertz CT molecular complexity index is 90.5. The molecule has 0 bridgehead atoms. The summed E-state index contributed by atoms with van der Waals surface area (Å²) in [5, 5.41) is 0.956. The molecule has 0 aromatic rings. The van der Waals surface area contributed by atoms with Gasteiger partial charge in [0.25, 0.3) is 0 Å². The minimum absolute atomic E-state index is 0.417. The molecule has 1 rings (SSSR count). The Labute approximate surface area is 57.8 Å². The molecule has 0 aromatic carbocycles. The van der Waals surface area contributed by atoms with E-state index in [1.807, 2.05) is 0 Å². The topological polar surface area (TPSA) is 9.23 Å². The summed E-state index contributed by atoms with van der Waals surface area (Å²) in [6.07, 6.45) is 6.58. The molecule has 2 heteroatoms. The van der Waals surface area contributed by atoms with E-state index in [1.54, 1.807) is 6.26 Å². The molecule has 1 unspecified atom stereocenters. The predicted octanol–water partition coefficient (Wildman–Crippen LogP) is 2.07. The fourth-order valence-corrected chi connectivity index (χ4v) is 1.17. The molecule has 1 heterocycles. The van der Waals surface area contributed by atoms with Crippen LogP contribution in [0, 0.1) is 0 Å². The number of hydrogen-bond acceptors (Lipinski definition) is 1. The predicted molar refractivity (Wildman–Crippen MR) is 37.0 cm³/mol. The lowest BCUT2D eigenvalue weighted by molar-refractivity contribution is 0.146. The molecule has 46 valence electrons. The van der Waals surface area contributed by atoms with E-state index >= 15 is 0 Å². The summed E-state index contributed by atoms with van der Waals surface area (Å²) >= 11 is 3.35. The van der Waals surface area contributed by atoms with Crippen LogP contribution >= 0.6 is 15.9 Å². The number of alkyl halides is 1. The van der Waals surface area contributed by atoms with Gasteiger partial charge in [-0.25, -0.2) is 0 Å². The van der Waals surface area contributed by atoms with Gasteiger partial charge >= 0.3 is 0 Å². The largest absolute Gasteiger partial charge is 0.497 e. The normalized spacial score (nSPS) is 27.4. The van der Waals surface area contributed by atoms with Crippen molar-refractivity contribution in [3.63, 3.8) is 0 Å². The fourth-order valence-electron chi connectivity index (χ4n) is 0.698. The molecule has 0 aliphatic carbocycles. The molecule has 0 saturated carbocycles. The second-order valence-electron chi connectivity index (χ2n) is 1.86. The minimum Gasteiger partial charge on any atom is -0.497 e. The van der Waals surface area contributed by atoms with Gasteiger partial charge in [-0.1, -0.05) is 15.9 Å². The third-order valence-corrected chi connectivity index (χ3v) is 1.92. The monoisotopic (exact) mass is 176 g/mol. The first-order chi connectivity index (χ1) is 3.93. The van der Waals surface area contributed by atoms with Crippen molar-refractivity contribution in [3.05, 3.63) is 12.3 Å². The Hall–Kier alpha value is 0.0200. The second-order valence-corrected chi connectivity index (χ2v) is 2.51. The Morgan fingerprint density at radius 2 is 2.62 bits per heavy atom. The molecule has 1 aliphatic heterocycles. The van der Waals surface area contributed by atoms with E-state index in [0.717, 1.165) is 18.2 Å². The van der Waals surface area contributed by atoms with Crippen LogP contribution in [-0.4, -0.2) is 11.4 Å². The lowest BCUT2D eigenvalue weighted by Crippen LogP contribution is -2.13. The summed E-state index contributed by atoms with van der Waals surface area (Å²) in [6.45, 7) is 0. The average molecular weight is 177 g/mol. The summed E-state index contributed by atoms with van der Waals surface area (Å²) in [5.41, 5.74) is 0. The van der Waals surface area contributed by atoms with Gasteiger partial charge < -0.3 is 4.74 Å². The number of ether oxygens (including phenoxy) is 1. The quantitative estimate of drug-likeness (QED) is 0.557. The van der Waals surface area contributed by atoms with Crippen molar-refractivity contribution >= 4 is 15.9 Å². The Morgan fingerprint density at radius 1 is 1.75 bits per heavy atom. The first-order valence-electron chi connectivity index (χ1n) is 2.80. The maximum atomic E-state index is 5.20. The number of hydrogen-bond donors (Lipinski definition) is 0. The van der Waals surface area contributed by atoms with E-state index in [4.69, 9.17) is 4.74 Å². The average Bonchev–Trinajstić information content (AvgIpc) is 1.90. The lowest BCUT2D eigenvalue weighted by atomic mass is 10.2. The van der Waals surface area contributed by atoms with Gasteiger partial charge in [0.1, 0.15) is 6.10 Å². The van der Waals surface area contributed by atoms with Crippen molar-refractivity contribution in [2.45, 2.75) is 18.9 Å². The van der Waals surface area contributed by atoms with Crippen molar-refractivity contribution in [1.29, 1.82) is 0 Å². The molecule has 0 saturated heterocycles. The van der Waals surface area contributed by atoms with Gasteiger partial charge in [0.05, 0.1) is 6.26 Å². The van der Waals surface area contributed by atoms with Crippen LogP contribution in [0.2, 0.25) is 0 Å². The summed E-state index contributed by atoms with van der Waals surface area (Å²) in [5.74, 6) is 0. The smallest absolute Gasteiger partial charge is 0.108 e. The van der Waals surface area contributed by atoms with Crippen LogP contribution in [0.5, 0.6) is 0 Å². The number of allylic oxidation sites excluding steroid dienone is 1. The van der Waals surface area contributed by atoms with E-state index < -0.39 is 0 Å². The van der Waals surface area contributed by atoms with Crippen molar-refractivity contribution in [2.24, 2.45) is 0 Å². The molecule has 1 nitrogen and oxygen atoms in total. The molecule has 0 amide bonds. The van der Waals surface area contributed by atoms with Gasteiger partial charge in [-0.3, -0.25) is 0 Å². The maximum absolute atomic E-state index is 5.20. The van der Waals surface area contributed by atoms with Crippen LogP contribution in [-0.2, 0) is 4.74 Å². The van der Waals surface area contributed by atoms with Gasteiger partial charge in [0.15, 0.2) is 0 Å². The Morgan fingerprint density at radius 3 is 3.00 bits per heavy atom. The minimum atomic E-state index is 0.417. The summed E-state index contributed by atoms with van der Waals surface area (Å²) in [6, 6.07) is 0. The van der Waals surface area contributed by atoms with Gasteiger partial charge in [-0.05, 0) is 18.9 Å². The first-order valence-corrected chi connectivity index (χ1v) is 3.92. The van der Waals surface area contributed by atoms with Crippen LogP contribution in [0.25, 0.3) is 0 Å². The zero-order valence-corrected chi connectivity index (χ0v) is 6.23. The van der Waals surface area contributed by atoms with Crippen molar-refractivity contribution in [3.8, 4) is 0 Å². The summed E-state index contributed by atoms with van der Waals surface area (Å²) in [7, 11) is 0. The fraction of sp³-hybridized carbons (Fsp3) is 0.667. The molecule has 0 aromatic heterocycles. The summed E-state index contributed by atoms with van der Waals surface area (Å²) < 4.78 is 5.20. The maximum Gasteiger partial charge on any atom is 0.108 e. The highest BCUT2D eigenvalue weighted by atomic mass is 79.9. The Kier molecular flexibility index (Phi) is 2.40. The van der Waals surface area contributed by atoms with Crippen LogP contribution in [0.3, 0.4) is 0 Å². The number of halogens is 1. The first kappa shape index (κ1) is 6.14. The number of rotatable bonds is 1. The SMILES string of the molecule is BrCC1CCC=CO1. The van der Waals surface area contributed by atoms with E-state index in [9.17, 15) is 0 Å². The second kappa shape index (κ2) is 3.13. The Balaban J connectivity index is 2.27. The van der Waals surface area contributed by atoms with Crippen LogP contribution in [0.1, 0.15) is 12.8 Å². The standard InChI is InChI=1S/C6H9BrO/c7-5-6-3-1-2-4-8-6/h2,4,6H,1,3,5H2. The van der Waals surface area contributed by atoms with Crippen LogP contribution < -0.4 is 0 Å². The van der Waals surface area contributed by atoms with Gasteiger partial charge in [0, 0.05) is 5.33 Å². The molecule has 0 radical (unpaired) electrons. The molecule has 0 N–H and O–H groups in total. The van der Waals surface area contributed by atoms with E-state index in [1.165, 1.54) is 0 Å². The highest BCUT2D eigenvalue weighted by Gasteiger charge is 2.06. The van der Waals surface area contributed by atoms with Crippen molar-refractivity contribution in [2.75, 3.05) is 5.33 Å². The van der Waals surface area contributed by atoms with Gasteiger partial charge in [-0.15, -0.1) is 0 Å². The zero-order valence-electron chi connectivity index (χ0n) is 4.64. The molecular formula is C6H9BrO. The van der Waals surface area contributed by atoms with Crippen molar-refractivity contribution < 1.29 is 4.74 Å². The lowest BCUT2D eigenvalue weighted by Gasteiger charge is -2.15. The van der Waals surface area contributed by atoms with Gasteiger partial charge in [0.2, 0.25) is 0 Å². The molecule has 0 spiro atoms. The molecule has 1 aliphatic rings. The van der Waals surface area contributed by atoms with E-state index in [2.05, 4.69) is 22.0 Å². The highest BCUT2D eigenvalue weighted by Crippen LogP contribution is 2.11. The van der Waals surface area contributed by atoms with E-state index in [0.29, 0.717) is 6.10 Å². The molecule has 8 heavy (non-hydrogen) atoms. The molecular weight excluding hydrogens is 168 g/mol. The van der Waals surface area contributed by atoms with Crippen molar-refractivity contribution in [1.82, 2.24) is 0 Å².